The molecule has 11 heteroatoms. The molecule has 8 nitrogen and oxygen atoms in total. The van der Waals surface area contributed by atoms with Gasteiger partial charge < -0.3 is 15.5 Å². The molecule has 228 valence electrons. The number of fused-ring (bicyclic) bond motifs is 1. The number of halogens is 1. The Kier molecular flexibility index (Phi) is 9.02. The van der Waals surface area contributed by atoms with Gasteiger partial charge in [-0.1, -0.05) is 54.1 Å². The van der Waals surface area contributed by atoms with Gasteiger partial charge in [-0.25, -0.2) is 19.6 Å². The molecule has 3 N–H and O–H groups in total. The van der Waals surface area contributed by atoms with Crippen LogP contribution in [0.3, 0.4) is 0 Å². The number of nitrogens with one attached hydrogen (secondary N) is 1. The summed E-state index contributed by atoms with van der Waals surface area (Å²) in [6.07, 6.45) is 1.25. The molecule has 7 rings (SSSR count). The van der Waals surface area contributed by atoms with Crippen LogP contribution < -0.4 is 5.32 Å². The fourth-order valence-corrected chi connectivity index (χ4v) is 6.57. The van der Waals surface area contributed by atoms with E-state index in [1.165, 1.54) is 22.7 Å². The normalized spacial score (nSPS) is 12.0. The molecule has 0 atom stereocenters. The molecule has 1 aliphatic rings. The van der Waals surface area contributed by atoms with Gasteiger partial charge in [-0.15, -0.1) is 22.7 Å². The van der Waals surface area contributed by atoms with E-state index in [9.17, 15) is 14.4 Å². The summed E-state index contributed by atoms with van der Waals surface area (Å²) in [7, 11) is 0. The minimum Gasteiger partial charge on any atom is -0.478 e. The van der Waals surface area contributed by atoms with Crippen molar-refractivity contribution in [3.05, 3.63) is 123 Å². The van der Waals surface area contributed by atoms with Gasteiger partial charge in [0, 0.05) is 50.1 Å². The van der Waals surface area contributed by atoms with Crippen molar-refractivity contribution in [2.24, 2.45) is 0 Å². The molecule has 1 aliphatic heterocycles. The highest BCUT2D eigenvalue weighted by Crippen LogP contribution is 2.33. The van der Waals surface area contributed by atoms with Crippen LogP contribution >= 0.6 is 34.3 Å². The van der Waals surface area contributed by atoms with Gasteiger partial charge in [0.05, 0.1) is 22.5 Å². The third-order valence-electron chi connectivity index (χ3n) is 7.18. The summed E-state index contributed by atoms with van der Waals surface area (Å²) in [6, 6.07) is 26.9. The Labute approximate surface area is 276 Å². The van der Waals surface area contributed by atoms with Gasteiger partial charge in [0.25, 0.3) is 0 Å². The molecule has 0 fully saturated rings. The van der Waals surface area contributed by atoms with Crippen LogP contribution in [0, 0.1) is 0 Å². The summed E-state index contributed by atoms with van der Waals surface area (Å²) in [5.41, 5.74) is 7.95. The second kappa shape index (κ2) is 13.5. The number of nitrogens with zero attached hydrogens (tertiary/aromatic N) is 2. The van der Waals surface area contributed by atoms with Crippen LogP contribution in [-0.4, -0.2) is 38.0 Å². The van der Waals surface area contributed by atoms with Gasteiger partial charge in [0.2, 0.25) is 5.91 Å². The Bertz CT molecular complexity index is 2070. The molecular weight excluding hydrogens is 642 g/mol. The lowest BCUT2D eigenvalue weighted by Gasteiger charge is -2.17. The Balaban J connectivity index is 0.000000164. The molecule has 3 heterocycles. The highest BCUT2D eigenvalue weighted by Gasteiger charge is 2.16. The number of anilines is 1. The quantitative estimate of drug-likeness (QED) is 0.162. The van der Waals surface area contributed by atoms with Crippen molar-refractivity contribution in [2.45, 2.75) is 12.8 Å². The number of benzene rings is 4. The molecule has 0 saturated heterocycles. The van der Waals surface area contributed by atoms with E-state index in [1.54, 1.807) is 42.5 Å². The fraction of sp³-hybridized carbons (Fsp3) is 0.0571. The molecular formula is C35H24ClN3O5S2. The average Bonchev–Trinajstić information content (AvgIpc) is 3.77. The minimum absolute atomic E-state index is 0.0565. The lowest BCUT2D eigenvalue weighted by atomic mass is 9.99. The first-order chi connectivity index (χ1) is 22.2. The van der Waals surface area contributed by atoms with Gasteiger partial charge >= 0.3 is 11.9 Å². The maximum absolute atomic E-state index is 11.4. The van der Waals surface area contributed by atoms with E-state index < -0.39 is 11.9 Å². The number of carboxylic acid groups (broad SMARTS) is 2. The molecule has 0 radical (unpaired) electrons. The number of aromatic carboxylic acids is 2. The highest BCUT2D eigenvalue weighted by molar-refractivity contribution is 7.13. The Hall–Kier alpha value is -5.16. The van der Waals surface area contributed by atoms with Crippen LogP contribution in [-0.2, 0) is 11.2 Å². The maximum atomic E-state index is 11.4. The third-order valence-corrected chi connectivity index (χ3v) is 9.21. The number of hydrogen-bond acceptors (Lipinski definition) is 7. The zero-order chi connectivity index (χ0) is 32.2. The smallest absolute Gasteiger partial charge is 0.335 e. The first-order valence-electron chi connectivity index (χ1n) is 14.0. The number of thiazole rings is 2. The maximum Gasteiger partial charge on any atom is 0.335 e. The summed E-state index contributed by atoms with van der Waals surface area (Å²) in [5, 5.41) is 27.2. The lowest BCUT2D eigenvalue weighted by Crippen LogP contribution is -2.18. The van der Waals surface area contributed by atoms with E-state index in [0.717, 1.165) is 61.3 Å². The summed E-state index contributed by atoms with van der Waals surface area (Å²) in [6.45, 7) is 0. The second-order valence-electron chi connectivity index (χ2n) is 10.3. The average molecular weight is 666 g/mol. The number of hydrogen-bond donors (Lipinski definition) is 3. The van der Waals surface area contributed by atoms with E-state index in [2.05, 4.69) is 21.4 Å². The molecule has 2 aromatic heterocycles. The van der Waals surface area contributed by atoms with Crippen LogP contribution in [0.2, 0.25) is 5.02 Å². The highest BCUT2D eigenvalue weighted by atomic mass is 35.5. The third kappa shape index (κ3) is 7.05. The molecule has 1 amide bonds. The topological polar surface area (TPSA) is 129 Å². The van der Waals surface area contributed by atoms with Crippen molar-refractivity contribution < 1.29 is 24.6 Å². The van der Waals surface area contributed by atoms with Gasteiger partial charge in [0.15, 0.2) is 0 Å². The number of aromatic nitrogens is 2. The van der Waals surface area contributed by atoms with Crippen LogP contribution in [0.15, 0.2) is 102 Å². The van der Waals surface area contributed by atoms with Crippen LogP contribution in [0.1, 0.15) is 32.7 Å². The summed E-state index contributed by atoms with van der Waals surface area (Å²) in [4.78, 5) is 42.6. The number of carbonyl (C=O) groups excluding carboxylic acids is 1. The van der Waals surface area contributed by atoms with Crippen molar-refractivity contribution >= 4 is 57.8 Å². The number of rotatable bonds is 6. The SMILES string of the molecule is O=C(O)c1cccc(-c2nc(-c3ccc(Cl)cc3)cs2)c1.O=C1CCc2cc(-c3csc(-c4ccc(C(=O)O)cc4)n3)ccc2N1. The Morgan fingerprint density at radius 3 is 1.96 bits per heavy atom. The second-order valence-corrected chi connectivity index (χ2v) is 12.4. The molecule has 4 aromatic carbocycles. The van der Waals surface area contributed by atoms with Crippen LogP contribution in [0.4, 0.5) is 5.69 Å². The largest absolute Gasteiger partial charge is 0.478 e. The van der Waals surface area contributed by atoms with Crippen molar-refractivity contribution in [1.82, 2.24) is 9.97 Å². The van der Waals surface area contributed by atoms with Crippen molar-refractivity contribution in [2.75, 3.05) is 5.32 Å². The van der Waals surface area contributed by atoms with E-state index >= 15 is 0 Å². The monoisotopic (exact) mass is 665 g/mol. The van der Waals surface area contributed by atoms with Gasteiger partial charge in [0.1, 0.15) is 10.0 Å². The lowest BCUT2D eigenvalue weighted by molar-refractivity contribution is -0.116. The standard InChI is InChI=1S/C19H14N2O3S.C16H10ClNO2S/c22-17-8-6-13-9-14(5-7-15(13)20-17)16-10-25-18(21-16)11-1-3-12(4-2-11)19(23)24;17-13-6-4-10(5-7-13)14-9-21-15(18-14)11-2-1-3-12(8-11)16(19)20/h1-5,7,9-10H,6,8H2,(H,20,22)(H,23,24);1-9H,(H,19,20). The van der Waals surface area contributed by atoms with Gasteiger partial charge in [-0.2, -0.15) is 0 Å². The minimum atomic E-state index is -0.939. The number of carbonyl (C=O) groups is 3. The van der Waals surface area contributed by atoms with Crippen molar-refractivity contribution in [1.29, 1.82) is 0 Å². The molecule has 0 bridgehead atoms. The van der Waals surface area contributed by atoms with Crippen LogP contribution in [0.5, 0.6) is 0 Å². The first kappa shape index (κ1) is 30.8. The van der Waals surface area contributed by atoms with Gasteiger partial charge in [-0.3, -0.25) is 4.79 Å². The predicted octanol–water partition coefficient (Wildman–Crippen LogP) is 8.89. The Morgan fingerprint density at radius 2 is 1.28 bits per heavy atom. The molecule has 0 unspecified atom stereocenters. The number of carboxylic acids is 2. The van der Waals surface area contributed by atoms with Gasteiger partial charge in [-0.05, 0) is 60.5 Å². The molecule has 0 saturated carbocycles. The van der Waals surface area contributed by atoms with E-state index in [4.69, 9.17) is 21.8 Å². The summed E-state index contributed by atoms with van der Waals surface area (Å²) in [5.74, 6) is -1.82. The molecule has 0 spiro atoms. The first-order valence-corrected chi connectivity index (χ1v) is 16.1. The summed E-state index contributed by atoms with van der Waals surface area (Å²) < 4.78 is 0. The van der Waals surface area contributed by atoms with E-state index in [-0.39, 0.29) is 17.0 Å². The zero-order valence-electron chi connectivity index (χ0n) is 23.9. The van der Waals surface area contributed by atoms with Crippen molar-refractivity contribution in [3.8, 4) is 43.7 Å². The fourth-order valence-electron chi connectivity index (χ4n) is 4.78. The molecule has 46 heavy (non-hydrogen) atoms. The Morgan fingerprint density at radius 1 is 0.674 bits per heavy atom. The van der Waals surface area contributed by atoms with Crippen molar-refractivity contribution in [3.63, 3.8) is 0 Å². The van der Waals surface area contributed by atoms with E-state index in [0.29, 0.717) is 11.4 Å². The van der Waals surface area contributed by atoms with E-state index in [1.807, 2.05) is 53.2 Å². The number of amides is 1. The molecule has 0 aliphatic carbocycles. The molecule has 6 aromatic rings. The van der Waals surface area contributed by atoms with Crippen LogP contribution in [0.25, 0.3) is 43.7 Å². The number of aryl methyl sites for hydroxylation is 1. The predicted molar refractivity (Wildman–Crippen MR) is 182 cm³/mol. The zero-order valence-corrected chi connectivity index (χ0v) is 26.3. The summed E-state index contributed by atoms with van der Waals surface area (Å²) >= 11 is 8.88.